The van der Waals surface area contributed by atoms with Gasteiger partial charge in [0, 0.05) is 50.2 Å². The molecule has 11 heteroatoms. The SMILES string of the molecule is CO[C@@H]1/C=C(\C)C[C@H](/C=C/C=C/C#CC2C[C@H]2Cl)OC(=O)CC2(O)C[C@H](OC3O[C@H](C)[C@@H](O)[C@](C)(O)[C@H]3OC)[C@@H](C)C(O2)[C@@H]1C. The van der Waals surface area contributed by atoms with Crippen LogP contribution in [0.1, 0.15) is 60.3 Å². The molecular formula is C34H49ClO10. The number of alkyl halides is 1. The Balaban J connectivity index is 1.58. The number of halogens is 1. The summed E-state index contributed by atoms with van der Waals surface area (Å²) >= 11 is 5.99. The van der Waals surface area contributed by atoms with E-state index >= 15 is 0 Å². The molecule has 252 valence electrons. The summed E-state index contributed by atoms with van der Waals surface area (Å²) in [6, 6.07) is 0. The third-order valence-electron chi connectivity index (χ3n) is 9.34. The van der Waals surface area contributed by atoms with Crippen LogP contribution in [0.5, 0.6) is 0 Å². The number of rotatable bonds is 6. The first-order valence-corrected chi connectivity index (χ1v) is 16.1. The van der Waals surface area contributed by atoms with E-state index in [1.54, 1.807) is 38.3 Å². The fourth-order valence-corrected chi connectivity index (χ4v) is 6.78. The normalized spacial score (nSPS) is 47.2. The third kappa shape index (κ3) is 8.78. The van der Waals surface area contributed by atoms with Crippen molar-refractivity contribution in [2.45, 2.75) is 126 Å². The minimum Gasteiger partial charge on any atom is -0.458 e. The Kier molecular flexibility index (Phi) is 12.0. The van der Waals surface area contributed by atoms with Gasteiger partial charge < -0.3 is 43.7 Å². The predicted octanol–water partition coefficient (Wildman–Crippen LogP) is 3.40. The molecule has 0 aromatic carbocycles. The van der Waals surface area contributed by atoms with Gasteiger partial charge in [0.15, 0.2) is 12.1 Å². The van der Waals surface area contributed by atoms with Crippen molar-refractivity contribution in [1.82, 2.24) is 0 Å². The van der Waals surface area contributed by atoms with E-state index in [0.717, 1.165) is 12.0 Å². The molecule has 2 saturated heterocycles. The van der Waals surface area contributed by atoms with Gasteiger partial charge in [-0.1, -0.05) is 49.5 Å². The van der Waals surface area contributed by atoms with E-state index < -0.39 is 66.7 Å². The largest absolute Gasteiger partial charge is 0.458 e. The first-order chi connectivity index (χ1) is 21.2. The number of esters is 1. The average molecular weight is 653 g/mol. The maximum absolute atomic E-state index is 13.3. The van der Waals surface area contributed by atoms with Gasteiger partial charge in [0.2, 0.25) is 0 Å². The van der Waals surface area contributed by atoms with Gasteiger partial charge in [-0.15, -0.1) is 11.6 Å². The van der Waals surface area contributed by atoms with Crippen molar-refractivity contribution in [1.29, 1.82) is 0 Å². The molecule has 1 saturated carbocycles. The number of carbonyl (C=O) groups is 1. The monoisotopic (exact) mass is 652 g/mol. The average Bonchev–Trinajstić information content (AvgIpc) is 3.67. The number of allylic oxidation sites excluding steroid dienone is 3. The summed E-state index contributed by atoms with van der Waals surface area (Å²) in [7, 11) is 3.02. The lowest BCUT2D eigenvalue weighted by Crippen LogP contribution is -2.66. The van der Waals surface area contributed by atoms with Crippen LogP contribution in [0.15, 0.2) is 36.0 Å². The maximum atomic E-state index is 13.3. The second kappa shape index (κ2) is 15.0. The molecule has 4 rings (SSSR count). The van der Waals surface area contributed by atoms with Crippen molar-refractivity contribution >= 4 is 17.6 Å². The number of methoxy groups -OCH3 is 2. The zero-order valence-electron chi connectivity index (χ0n) is 27.2. The molecule has 0 aromatic rings. The molecule has 3 aliphatic heterocycles. The minimum absolute atomic E-state index is 0.0690. The van der Waals surface area contributed by atoms with E-state index in [9.17, 15) is 20.1 Å². The Morgan fingerprint density at radius 2 is 1.84 bits per heavy atom. The van der Waals surface area contributed by atoms with Crippen LogP contribution in [0.2, 0.25) is 0 Å². The second-order valence-corrected chi connectivity index (χ2v) is 13.7. The summed E-state index contributed by atoms with van der Waals surface area (Å²) in [5, 5.41) is 33.6. The molecule has 3 fully saturated rings. The van der Waals surface area contributed by atoms with E-state index in [1.165, 1.54) is 14.0 Å². The van der Waals surface area contributed by atoms with Crippen molar-refractivity contribution in [2.75, 3.05) is 14.2 Å². The van der Waals surface area contributed by atoms with Gasteiger partial charge >= 0.3 is 5.97 Å². The number of hydrogen-bond acceptors (Lipinski definition) is 10. The quantitative estimate of drug-likeness (QED) is 0.129. The molecule has 14 atom stereocenters. The maximum Gasteiger partial charge on any atom is 0.311 e. The molecule has 1 aliphatic carbocycles. The van der Waals surface area contributed by atoms with Crippen molar-refractivity contribution in [2.24, 2.45) is 17.8 Å². The molecule has 0 aromatic heterocycles. The molecule has 0 amide bonds. The predicted molar refractivity (Wildman–Crippen MR) is 167 cm³/mol. The van der Waals surface area contributed by atoms with Crippen LogP contribution in [0.25, 0.3) is 0 Å². The minimum atomic E-state index is -1.92. The molecule has 3 heterocycles. The number of aliphatic hydroxyl groups excluding tert-OH is 1. The number of aliphatic hydroxyl groups is 3. The lowest BCUT2D eigenvalue weighted by Gasteiger charge is -2.51. The second-order valence-electron chi connectivity index (χ2n) is 13.2. The Morgan fingerprint density at radius 3 is 2.49 bits per heavy atom. The summed E-state index contributed by atoms with van der Waals surface area (Å²) in [5.74, 6) is 3.23. The highest BCUT2D eigenvalue weighted by Crippen LogP contribution is 2.42. The van der Waals surface area contributed by atoms with Gasteiger partial charge in [-0.2, -0.15) is 0 Å². The lowest BCUT2D eigenvalue weighted by molar-refractivity contribution is -0.362. The van der Waals surface area contributed by atoms with E-state index in [0.29, 0.717) is 6.42 Å². The molecule has 0 spiro atoms. The molecule has 45 heavy (non-hydrogen) atoms. The smallest absolute Gasteiger partial charge is 0.311 e. The fourth-order valence-electron chi connectivity index (χ4n) is 6.53. The summed E-state index contributed by atoms with van der Waals surface area (Å²) < 4.78 is 35.9. The third-order valence-corrected chi connectivity index (χ3v) is 9.82. The van der Waals surface area contributed by atoms with Gasteiger partial charge in [-0.05, 0) is 39.3 Å². The van der Waals surface area contributed by atoms with Crippen LogP contribution < -0.4 is 0 Å². The Labute approximate surface area is 271 Å². The summed E-state index contributed by atoms with van der Waals surface area (Å²) in [5.41, 5.74) is -0.699. The highest BCUT2D eigenvalue weighted by atomic mass is 35.5. The van der Waals surface area contributed by atoms with E-state index in [2.05, 4.69) is 11.8 Å². The van der Waals surface area contributed by atoms with Crippen molar-refractivity contribution in [3.8, 4) is 11.8 Å². The highest BCUT2D eigenvalue weighted by Gasteiger charge is 2.55. The first kappa shape index (κ1) is 36.1. The summed E-state index contributed by atoms with van der Waals surface area (Å²) in [6.07, 6.45) is 3.64. The van der Waals surface area contributed by atoms with Crippen molar-refractivity contribution in [3.05, 3.63) is 36.0 Å². The summed E-state index contributed by atoms with van der Waals surface area (Å²) in [6.45, 7) is 8.98. The molecule has 0 radical (unpaired) electrons. The van der Waals surface area contributed by atoms with Crippen molar-refractivity contribution < 1.29 is 48.5 Å². The van der Waals surface area contributed by atoms with Crippen LogP contribution in [0, 0.1) is 29.6 Å². The fraction of sp³-hybridized carbons (Fsp3) is 0.735. The van der Waals surface area contributed by atoms with Crippen LogP contribution in [0.3, 0.4) is 0 Å². The van der Waals surface area contributed by atoms with Crippen LogP contribution in [-0.4, -0.2) is 101 Å². The molecule has 10 nitrogen and oxygen atoms in total. The van der Waals surface area contributed by atoms with E-state index in [-0.39, 0.29) is 35.7 Å². The summed E-state index contributed by atoms with van der Waals surface area (Å²) in [4.78, 5) is 13.3. The van der Waals surface area contributed by atoms with Crippen LogP contribution in [-0.2, 0) is 33.2 Å². The van der Waals surface area contributed by atoms with E-state index in [4.69, 9.17) is 40.0 Å². The molecule has 4 aliphatic rings. The number of ether oxygens (including phenoxy) is 6. The Bertz CT molecular complexity index is 1190. The Morgan fingerprint density at radius 1 is 1.13 bits per heavy atom. The zero-order chi connectivity index (χ0) is 33.1. The number of fused-ring (bicyclic) bond motifs is 2. The van der Waals surface area contributed by atoms with Gasteiger partial charge in [0.25, 0.3) is 0 Å². The standard InChI is InChI=1S/C34H49ClO10/c1-19-14-24(13-11-9-8-10-12-23-16-25(23)35)43-28(36)18-34(39)17-27(21(3)29(45-34)20(2)26(15-19)40-6)44-32-31(41-7)33(5,38)30(37)22(4)42-32/h8-9,11,13,15,20-27,29-32,37-39H,14,16-18H2,1-7H3/b9-8+,13-11+,19-15+/t20-,21-,22-,23?,24+,25-,26-,27+,29?,30-,31+,32?,33+,34?/m1/s1. The highest BCUT2D eigenvalue weighted by molar-refractivity contribution is 6.22. The van der Waals surface area contributed by atoms with E-state index in [1.807, 2.05) is 26.8 Å². The van der Waals surface area contributed by atoms with Crippen LogP contribution in [0.4, 0.5) is 0 Å². The Hall–Kier alpha value is -1.78. The number of hydrogen-bond donors (Lipinski definition) is 3. The molecule has 2 bridgehead atoms. The first-order valence-electron chi connectivity index (χ1n) is 15.7. The van der Waals surface area contributed by atoms with Crippen LogP contribution >= 0.6 is 11.6 Å². The molecule has 3 N–H and O–H groups in total. The topological polar surface area (TPSA) is 133 Å². The molecular weight excluding hydrogens is 604 g/mol. The van der Waals surface area contributed by atoms with Gasteiger partial charge in [-0.3, -0.25) is 4.79 Å². The number of cyclic esters (lactones) is 1. The zero-order valence-corrected chi connectivity index (χ0v) is 28.0. The molecule has 4 unspecified atom stereocenters. The van der Waals surface area contributed by atoms with Gasteiger partial charge in [0.1, 0.15) is 23.9 Å². The van der Waals surface area contributed by atoms with Gasteiger partial charge in [0.05, 0.1) is 30.8 Å². The number of carbonyl (C=O) groups excluding carboxylic acids is 1. The lowest BCUT2D eigenvalue weighted by atomic mass is 9.79. The van der Waals surface area contributed by atoms with Crippen molar-refractivity contribution in [3.63, 3.8) is 0 Å². The van der Waals surface area contributed by atoms with Gasteiger partial charge in [-0.25, -0.2) is 0 Å².